The average molecular weight is 342 g/mol. The van der Waals surface area contributed by atoms with Crippen LogP contribution in [0.4, 0.5) is 0 Å². The fraction of sp³-hybridized carbons (Fsp3) is 0.667. The summed E-state index contributed by atoms with van der Waals surface area (Å²) in [6.45, 7) is 5.31. The van der Waals surface area contributed by atoms with E-state index >= 15 is 0 Å². The van der Waals surface area contributed by atoms with Crippen LogP contribution in [0.15, 0.2) is 30.3 Å². The maximum Gasteiger partial charge on any atom is 0.304 e. The lowest BCUT2D eigenvalue weighted by atomic mass is 9.68. The summed E-state index contributed by atoms with van der Waals surface area (Å²) in [7, 11) is 0. The number of aliphatic carboxylic acids is 1. The third-order valence-corrected chi connectivity index (χ3v) is 6.57. The largest absolute Gasteiger partial charge is 0.481 e. The molecule has 0 amide bonds. The molecule has 2 heterocycles. The van der Waals surface area contributed by atoms with Crippen molar-refractivity contribution in [1.82, 2.24) is 9.80 Å². The highest BCUT2D eigenvalue weighted by Crippen LogP contribution is 2.47. The van der Waals surface area contributed by atoms with E-state index in [1.165, 1.54) is 50.8 Å². The lowest BCUT2D eigenvalue weighted by Crippen LogP contribution is -2.52. The Bertz CT molecular complexity index is 591. The maximum absolute atomic E-state index is 10.8. The van der Waals surface area contributed by atoms with Crippen molar-refractivity contribution >= 4 is 5.97 Å². The minimum absolute atomic E-state index is 0.272. The van der Waals surface area contributed by atoms with Crippen molar-refractivity contribution in [3.05, 3.63) is 35.9 Å². The molecule has 0 bridgehead atoms. The van der Waals surface area contributed by atoms with Crippen molar-refractivity contribution in [3.63, 3.8) is 0 Å². The monoisotopic (exact) mass is 342 g/mol. The number of carbonyl (C=O) groups is 1. The van der Waals surface area contributed by atoms with Gasteiger partial charge >= 0.3 is 5.97 Å². The summed E-state index contributed by atoms with van der Waals surface area (Å²) in [6.07, 6.45) is 6.77. The van der Waals surface area contributed by atoms with E-state index < -0.39 is 5.97 Å². The van der Waals surface area contributed by atoms with Crippen molar-refractivity contribution in [2.45, 2.75) is 50.5 Å². The molecule has 136 valence electrons. The highest BCUT2D eigenvalue weighted by molar-refractivity contribution is 5.66. The van der Waals surface area contributed by atoms with Gasteiger partial charge in [0.25, 0.3) is 0 Å². The number of hydrogen-bond acceptors (Lipinski definition) is 3. The van der Waals surface area contributed by atoms with Crippen molar-refractivity contribution in [3.8, 4) is 0 Å². The van der Waals surface area contributed by atoms with Gasteiger partial charge in [-0.05, 0) is 62.1 Å². The third kappa shape index (κ3) is 4.06. The molecule has 3 aliphatic rings. The molecule has 0 radical (unpaired) electrons. The standard InChI is InChI=1S/C21H30N2O2/c24-20(25)8-11-22-12-9-21(10-13-22)14-18(17-4-2-1-3-5-17)15-23(16-21)19-6-7-19/h1-5,18-19H,6-16H2,(H,24,25). The highest BCUT2D eigenvalue weighted by Gasteiger charge is 2.45. The van der Waals surface area contributed by atoms with Gasteiger partial charge in [-0.1, -0.05) is 30.3 Å². The normalized spacial score (nSPS) is 27.4. The summed E-state index contributed by atoms with van der Waals surface area (Å²) < 4.78 is 0. The summed E-state index contributed by atoms with van der Waals surface area (Å²) in [4.78, 5) is 16.0. The molecule has 1 unspecified atom stereocenters. The van der Waals surface area contributed by atoms with Crippen molar-refractivity contribution in [2.75, 3.05) is 32.7 Å². The Kier molecular flexibility index (Phi) is 4.83. The number of nitrogens with zero attached hydrogens (tertiary/aromatic N) is 2. The third-order valence-electron chi connectivity index (χ3n) is 6.57. The number of benzene rings is 1. The second kappa shape index (κ2) is 7.08. The van der Waals surface area contributed by atoms with Crippen molar-refractivity contribution < 1.29 is 9.90 Å². The molecule has 1 saturated carbocycles. The predicted molar refractivity (Wildman–Crippen MR) is 98.8 cm³/mol. The SMILES string of the molecule is O=C(O)CCN1CCC2(CC1)CC(c1ccccc1)CN(C1CC1)C2. The molecule has 1 atom stereocenters. The fourth-order valence-electron chi connectivity index (χ4n) is 4.96. The van der Waals surface area contributed by atoms with Crippen LogP contribution in [0.2, 0.25) is 0 Å². The minimum atomic E-state index is -0.679. The first-order chi connectivity index (χ1) is 12.1. The van der Waals surface area contributed by atoms with Gasteiger partial charge in [0.15, 0.2) is 0 Å². The molecule has 1 spiro atoms. The van der Waals surface area contributed by atoms with Gasteiger partial charge in [0.1, 0.15) is 0 Å². The maximum atomic E-state index is 10.8. The van der Waals surface area contributed by atoms with Gasteiger partial charge in [0.2, 0.25) is 0 Å². The van der Waals surface area contributed by atoms with E-state index in [4.69, 9.17) is 5.11 Å². The van der Waals surface area contributed by atoms with E-state index in [9.17, 15) is 4.79 Å². The van der Waals surface area contributed by atoms with Gasteiger partial charge < -0.3 is 10.0 Å². The molecule has 4 nitrogen and oxygen atoms in total. The lowest BCUT2D eigenvalue weighted by molar-refractivity contribution is -0.137. The first-order valence-electron chi connectivity index (χ1n) is 9.87. The molecule has 1 N–H and O–H groups in total. The van der Waals surface area contributed by atoms with Crippen molar-refractivity contribution in [1.29, 1.82) is 0 Å². The number of carboxylic acids is 1. The van der Waals surface area contributed by atoms with Crippen LogP contribution in [0.25, 0.3) is 0 Å². The Morgan fingerprint density at radius 1 is 1.16 bits per heavy atom. The number of rotatable bonds is 5. The number of piperidine rings is 2. The number of carboxylic acid groups (broad SMARTS) is 1. The molecular weight excluding hydrogens is 312 g/mol. The van der Waals surface area contributed by atoms with Crippen LogP contribution in [0.1, 0.15) is 50.0 Å². The first kappa shape index (κ1) is 17.0. The Morgan fingerprint density at radius 2 is 1.88 bits per heavy atom. The topological polar surface area (TPSA) is 43.8 Å². The Labute approximate surface area is 150 Å². The zero-order valence-electron chi connectivity index (χ0n) is 15.1. The summed E-state index contributed by atoms with van der Waals surface area (Å²) in [5.41, 5.74) is 1.93. The van der Waals surface area contributed by atoms with E-state index in [2.05, 4.69) is 40.1 Å². The van der Waals surface area contributed by atoms with Crippen LogP contribution >= 0.6 is 0 Å². The van der Waals surface area contributed by atoms with E-state index in [1.807, 2.05) is 0 Å². The predicted octanol–water partition coefficient (Wildman–Crippen LogP) is 3.20. The molecule has 1 aliphatic carbocycles. The summed E-state index contributed by atoms with van der Waals surface area (Å²) in [6, 6.07) is 11.9. The van der Waals surface area contributed by atoms with Gasteiger partial charge in [-0.3, -0.25) is 9.69 Å². The molecule has 1 aromatic rings. The molecule has 3 fully saturated rings. The van der Waals surface area contributed by atoms with Gasteiger partial charge in [-0.2, -0.15) is 0 Å². The van der Waals surface area contributed by atoms with E-state index in [1.54, 1.807) is 0 Å². The van der Waals surface area contributed by atoms with Crippen molar-refractivity contribution in [2.24, 2.45) is 5.41 Å². The molecule has 2 aliphatic heterocycles. The van der Waals surface area contributed by atoms with Crippen LogP contribution in [-0.4, -0.2) is 59.6 Å². The first-order valence-corrected chi connectivity index (χ1v) is 9.87. The highest BCUT2D eigenvalue weighted by atomic mass is 16.4. The zero-order valence-corrected chi connectivity index (χ0v) is 15.1. The molecule has 1 aromatic carbocycles. The number of hydrogen-bond donors (Lipinski definition) is 1. The summed E-state index contributed by atoms with van der Waals surface area (Å²) in [5.74, 6) is -0.0249. The minimum Gasteiger partial charge on any atom is -0.481 e. The molecule has 25 heavy (non-hydrogen) atoms. The van der Waals surface area contributed by atoms with E-state index in [0.717, 1.165) is 19.1 Å². The summed E-state index contributed by atoms with van der Waals surface area (Å²) in [5, 5.41) is 8.92. The van der Waals surface area contributed by atoms with Crippen LogP contribution in [0.5, 0.6) is 0 Å². The smallest absolute Gasteiger partial charge is 0.304 e. The van der Waals surface area contributed by atoms with Gasteiger partial charge in [-0.25, -0.2) is 0 Å². The fourth-order valence-corrected chi connectivity index (χ4v) is 4.96. The second-order valence-corrected chi connectivity index (χ2v) is 8.46. The van der Waals surface area contributed by atoms with Gasteiger partial charge in [0.05, 0.1) is 6.42 Å². The van der Waals surface area contributed by atoms with Crippen LogP contribution < -0.4 is 0 Å². The molecule has 2 saturated heterocycles. The van der Waals surface area contributed by atoms with Crippen LogP contribution in [0, 0.1) is 5.41 Å². The van der Waals surface area contributed by atoms with E-state index in [-0.39, 0.29) is 6.42 Å². The number of likely N-dealkylation sites (tertiary alicyclic amines) is 2. The lowest BCUT2D eigenvalue weighted by Gasteiger charge is -2.50. The average Bonchev–Trinajstić information content (AvgIpc) is 3.47. The molecule has 4 rings (SSSR count). The Morgan fingerprint density at radius 3 is 2.52 bits per heavy atom. The Balaban J connectivity index is 1.44. The quantitative estimate of drug-likeness (QED) is 0.892. The summed E-state index contributed by atoms with van der Waals surface area (Å²) >= 11 is 0. The van der Waals surface area contributed by atoms with Gasteiger partial charge in [0, 0.05) is 25.7 Å². The van der Waals surface area contributed by atoms with Gasteiger partial charge in [-0.15, -0.1) is 0 Å². The second-order valence-electron chi connectivity index (χ2n) is 8.46. The zero-order chi connectivity index (χ0) is 17.3. The molecular formula is C21H30N2O2. The molecule has 4 heteroatoms. The Hall–Kier alpha value is -1.39. The molecule has 0 aromatic heterocycles. The van der Waals surface area contributed by atoms with Crippen LogP contribution in [-0.2, 0) is 4.79 Å². The van der Waals surface area contributed by atoms with Crippen LogP contribution in [0.3, 0.4) is 0 Å². The van der Waals surface area contributed by atoms with E-state index in [0.29, 0.717) is 17.9 Å².